The fourth-order valence-electron chi connectivity index (χ4n) is 1.91. The van der Waals surface area contributed by atoms with Crippen molar-refractivity contribution < 1.29 is 0 Å². The molecule has 0 N–H and O–H groups in total. The highest BCUT2D eigenvalue weighted by atomic mass is 79.9. The third kappa shape index (κ3) is 2.55. The summed E-state index contributed by atoms with van der Waals surface area (Å²) in [6, 6.07) is 19.2. The number of hydrogen-bond acceptors (Lipinski definition) is 1. The van der Waals surface area contributed by atoms with E-state index in [0.29, 0.717) is 0 Å². The van der Waals surface area contributed by atoms with Crippen molar-refractivity contribution in [2.75, 3.05) is 0 Å². The molecule has 0 atom stereocenters. The van der Waals surface area contributed by atoms with Gasteiger partial charge < -0.3 is 0 Å². The van der Waals surface area contributed by atoms with Gasteiger partial charge >= 0.3 is 0 Å². The Morgan fingerprint density at radius 1 is 0.833 bits per heavy atom. The molecule has 0 amide bonds. The normalized spacial score (nSPS) is 11.4. The van der Waals surface area contributed by atoms with E-state index in [0.717, 1.165) is 0 Å². The van der Waals surface area contributed by atoms with Crippen LogP contribution in [-0.2, 0) is 0 Å². The van der Waals surface area contributed by atoms with E-state index in [9.17, 15) is 0 Å². The first-order valence-corrected chi connectivity index (χ1v) is 7.34. The van der Waals surface area contributed by atoms with Crippen molar-refractivity contribution in [3.63, 3.8) is 0 Å². The predicted octanol–water partition coefficient (Wildman–Crippen LogP) is 5.83. The molecule has 0 saturated heterocycles. The van der Waals surface area contributed by atoms with Crippen molar-refractivity contribution in [3.8, 4) is 0 Å². The maximum atomic E-state index is 3.48. The Morgan fingerprint density at radius 2 is 1.67 bits per heavy atom. The van der Waals surface area contributed by atoms with Crippen LogP contribution in [0.15, 0.2) is 58.4 Å². The summed E-state index contributed by atoms with van der Waals surface area (Å²) < 4.78 is 1.17. The lowest BCUT2D eigenvalue weighted by Gasteiger charge is -1.98. The van der Waals surface area contributed by atoms with Crippen molar-refractivity contribution >= 4 is 50.2 Å². The van der Waals surface area contributed by atoms with Crippen LogP contribution in [0.4, 0.5) is 0 Å². The van der Waals surface area contributed by atoms with Gasteiger partial charge in [0.2, 0.25) is 0 Å². The molecular weight excluding hydrogens is 304 g/mol. The fraction of sp³-hybridized carbons (Fsp3) is 0. The third-order valence-electron chi connectivity index (χ3n) is 2.81. The van der Waals surface area contributed by atoms with Crippen molar-refractivity contribution in [1.82, 2.24) is 0 Å². The summed E-state index contributed by atoms with van der Waals surface area (Å²) in [5.41, 5.74) is 1.23. The molecule has 0 saturated carbocycles. The van der Waals surface area contributed by atoms with Crippen LogP contribution in [0.3, 0.4) is 0 Å². The molecule has 0 aliphatic heterocycles. The van der Waals surface area contributed by atoms with E-state index in [4.69, 9.17) is 0 Å². The molecule has 1 aromatic heterocycles. The Balaban J connectivity index is 1.93. The van der Waals surface area contributed by atoms with Crippen molar-refractivity contribution in [3.05, 3.63) is 68.8 Å². The Hall–Kier alpha value is -1.38. The van der Waals surface area contributed by atoms with E-state index in [1.165, 1.54) is 25.0 Å². The van der Waals surface area contributed by atoms with E-state index in [-0.39, 0.29) is 0 Å². The summed E-state index contributed by atoms with van der Waals surface area (Å²) >= 11 is 5.22. The third-order valence-corrected chi connectivity index (χ3v) is 4.40. The molecular formula is C16H11BrS. The van der Waals surface area contributed by atoms with E-state index in [1.54, 1.807) is 11.3 Å². The molecule has 0 unspecified atom stereocenters. The molecule has 3 aromatic rings. The molecule has 88 valence electrons. The Bertz CT molecular complexity index is 710. The number of halogens is 1. The van der Waals surface area contributed by atoms with Crippen LogP contribution in [0.25, 0.3) is 22.9 Å². The quantitative estimate of drug-likeness (QED) is 0.558. The highest BCUT2D eigenvalue weighted by Gasteiger charge is 1.95. The van der Waals surface area contributed by atoms with Crippen LogP contribution in [0, 0.1) is 0 Å². The second-order valence-corrected chi connectivity index (χ2v) is 6.58. The Morgan fingerprint density at radius 3 is 2.44 bits per heavy atom. The zero-order chi connectivity index (χ0) is 12.4. The van der Waals surface area contributed by atoms with Gasteiger partial charge in [-0.3, -0.25) is 0 Å². The molecule has 0 fully saturated rings. The number of fused-ring (bicyclic) bond motifs is 1. The minimum atomic E-state index is 1.17. The molecule has 2 heteroatoms. The number of rotatable bonds is 2. The lowest BCUT2D eigenvalue weighted by molar-refractivity contribution is 1.71. The first-order valence-electron chi connectivity index (χ1n) is 5.73. The topological polar surface area (TPSA) is 0 Å². The van der Waals surface area contributed by atoms with Gasteiger partial charge in [0.1, 0.15) is 0 Å². The van der Waals surface area contributed by atoms with E-state index >= 15 is 0 Å². The van der Waals surface area contributed by atoms with Gasteiger partial charge in [-0.15, -0.1) is 11.3 Å². The summed E-state index contributed by atoms with van der Waals surface area (Å²) in [4.78, 5) is 1.26. The van der Waals surface area contributed by atoms with Gasteiger partial charge in [-0.1, -0.05) is 42.5 Å². The highest BCUT2D eigenvalue weighted by Crippen LogP contribution is 2.24. The van der Waals surface area contributed by atoms with Crippen LogP contribution in [0.5, 0.6) is 0 Å². The SMILES string of the molecule is Brc1ccc(/C=C/c2ccc3ccccc3c2)s1. The second kappa shape index (κ2) is 5.09. The second-order valence-electron chi connectivity index (χ2n) is 4.08. The number of thiophene rings is 1. The van der Waals surface area contributed by atoms with Crippen LogP contribution in [0.1, 0.15) is 10.4 Å². The predicted molar refractivity (Wildman–Crippen MR) is 84.9 cm³/mol. The largest absolute Gasteiger partial charge is 0.129 e. The van der Waals surface area contributed by atoms with Crippen molar-refractivity contribution in [1.29, 1.82) is 0 Å². The Kier molecular flexibility index (Phi) is 3.31. The monoisotopic (exact) mass is 314 g/mol. The van der Waals surface area contributed by atoms with E-state index in [1.807, 2.05) is 0 Å². The van der Waals surface area contributed by atoms with Crippen LogP contribution in [0.2, 0.25) is 0 Å². The average Bonchev–Trinajstić information content (AvgIpc) is 2.82. The lowest BCUT2D eigenvalue weighted by atomic mass is 10.1. The number of hydrogen-bond donors (Lipinski definition) is 0. The number of benzene rings is 2. The summed E-state index contributed by atoms with van der Waals surface area (Å²) in [7, 11) is 0. The molecule has 0 aliphatic rings. The Labute approximate surface area is 119 Å². The molecule has 0 spiro atoms. The molecule has 0 radical (unpaired) electrons. The lowest BCUT2D eigenvalue weighted by Crippen LogP contribution is -1.74. The minimum absolute atomic E-state index is 1.17. The highest BCUT2D eigenvalue weighted by molar-refractivity contribution is 9.11. The van der Waals surface area contributed by atoms with E-state index in [2.05, 4.69) is 82.7 Å². The maximum Gasteiger partial charge on any atom is 0.0704 e. The molecule has 1 heterocycles. The van der Waals surface area contributed by atoms with Crippen LogP contribution in [-0.4, -0.2) is 0 Å². The maximum absolute atomic E-state index is 3.48. The summed E-state index contributed by atoms with van der Waals surface area (Å²) in [6.45, 7) is 0. The zero-order valence-electron chi connectivity index (χ0n) is 9.64. The first kappa shape index (κ1) is 11.7. The molecule has 0 nitrogen and oxygen atoms in total. The smallest absolute Gasteiger partial charge is 0.0704 e. The standard InChI is InChI=1S/C16H11BrS/c17-16-10-9-15(18-16)8-6-12-5-7-13-3-1-2-4-14(13)11-12/h1-11H/b8-6+. The average molecular weight is 315 g/mol. The van der Waals surface area contributed by atoms with Crippen LogP contribution < -0.4 is 0 Å². The first-order chi connectivity index (χ1) is 8.81. The van der Waals surface area contributed by atoms with Crippen LogP contribution >= 0.6 is 27.3 Å². The summed E-state index contributed by atoms with van der Waals surface area (Å²) in [6.07, 6.45) is 4.31. The molecule has 0 bridgehead atoms. The zero-order valence-corrected chi connectivity index (χ0v) is 12.0. The van der Waals surface area contributed by atoms with Gasteiger partial charge in [-0.2, -0.15) is 0 Å². The van der Waals surface area contributed by atoms with Crippen molar-refractivity contribution in [2.24, 2.45) is 0 Å². The van der Waals surface area contributed by atoms with Crippen molar-refractivity contribution in [2.45, 2.75) is 0 Å². The molecule has 18 heavy (non-hydrogen) atoms. The molecule has 3 rings (SSSR count). The van der Waals surface area contributed by atoms with E-state index < -0.39 is 0 Å². The molecule has 0 aliphatic carbocycles. The fourth-order valence-corrected chi connectivity index (χ4v) is 3.23. The van der Waals surface area contributed by atoms with Gasteiger partial charge in [0, 0.05) is 4.88 Å². The van der Waals surface area contributed by atoms with Gasteiger partial charge in [-0.05, 0) is 56.5 Å². The molecule has 2 aromatic carbocycles. The minimum Gasteiger partial charge on any atom is -0.129 e. The van der Waals surface area contributed by atoms with Gasteiger partial charge in [0.25, 0.3) is 0 Å². The van der Waals surface area contributed by atoms with Gasteiger partial charge in [-0.25, -0.2) is 0 Å². The summed E-state index contributed by atoms with van der Waals surface area (Å²) in [5, 5.41) is 2.57. The summed E-state index contributed by atoms with van der Waals surface area (Å²) in [5.74, 6) is 0. The van der Waals surface area contributed by atoms with Gasteiger partial charge in [0.05, 0.1) is 3.79 Å². The van der Waals surface area contributed by atoms with Gasteiger partial charge in [0.15, 0.2) is 0 Å².